The first-order chi connectivity index (χ1) is 8.58. The summed E-state index contributed by atoms with van der Waals surface area (Å²) >= 11 is 0. The Morgan fingerprint density at radius 2 is 2.22 bits per heavy atom. The van der Waals surface area contributed by atoms with Crippen LogP contribution in [0.2, 0.25) is 0 Å². The second-order valence-electron chi connectivity index (χ2n) is 4.17. The van der Waals surface area contributed by atoms with Crippen LogP contribution in [0, 0.1) is 0 Å². The molecule has 0 aliphatic carbocycles. The monoisotopic (exact) mass is 251 g/mol. The van der Waals surface area contributed by atoms with Crippen LogP contribution in [0.5, 0.6) is 0 Å². The van der Waals surface area contributed by atoms with E-state index in [9.17, 15) is 9.90 Å². The fraction of sp³-hybridized carbons (Fsp3) is 0.538. The van der Waals surface area contributed by atoms with Crippen molar-refractivity contribution in [2.45, 2.75) is 26.4 Å². The largest absolute Gasteiger partial charge is 0.387 e. The Morgan fingerprint density at radius 1 is 1.50 bits per heavy atom. The maximum Gasteiger partial charge on any atom is 0.239 e. The van der Waals surface area contributed by atoms with Gasteiger partial charge in [0.1, 0.15) is 0 Å². The molecule has 0 aromatic carbocycles. The molecule has 1 aromatic heterocycles. The molecule has 0 fully saturated rings. The van der Waals surface area contributed by atoms with E-state index in [4.69, 9.17) is 0 Å². The molecule has 5 heteroatoms. The van der Waals surface area contributed by atoms with Crippen LogP contribution >= 0.6 is 0 Å². The van der Waals surface area contributed by atoms with Crippen LogP contribution in [0.25, 0.3) is 0 Å². The number of rotatable bonds is 6. The Labute approximate surface area is 108 Å². The number of hydrogen-bond donors (Lipinski definition) is 2. The summed E-state index contributed by atoms with van der Waals surface area (Å²) in [6.07, 6.45) is 1.79. The molecular weight excluding hydrogens is 230 g/mol. The van der Waals surface area contributed by atoms with Gasteiger partial charge in [-0.3, -0.25) is 9.78 Å². The zero-order chi connectivity index (χ0) is 13.5. The number of carbonyl (C=O) groups excluding carboxylic acids is 1. The fourth-order valence-corrected chi connectivity index (χ4v) is 1.59. The van der Waals surface area contributed by atoms with Gasteiger partial charge in [-0.25, -0.2) is 0 Å². The van der Waals surface area contributed by atoms with Gasteiger partial charge in [-0.15, -0.1) is 0 Å². The highest BCUT2D eigenvalue weighted by Gasteiger charge is 2.09. The first kappa shape index (κ1) is 14.4. The smallest absolute Gasteiger partial charge is 0.239 e. The van der Waals surface area contributed by atoms with Gasteiger partial charge in [0.2, 0.25) is 5.91 Å². The molecule has 0 saturated heterocycles. The summed E-state index contributed by atoms with van der Waals surface area (Å²) in [5.74, 6) is -0.0160. The number of aliphatic hydroxyl groups is 1. The van der Waals surface area contributed by atoms with Crippen LogP contribution in [-0.4, -0.2) is 36.1 Å². The van der Waals surface area contributed by atoms with E-state index in [1.807, 2.05) is 31.9 Å². The molecule has 0 spiro atoms. The predicted molar refractivity (Wildman–Crippen MR) is 71.4 cm³/mol. The Balaban J connectivity index is 2.64. The number of nitrogens with one attached hydrogen (secondary N) is 1. The van der Waals surface area contributed by atoms with Gasteiger partial charge in [-0.1, -0.05) is 6.92 Å². The number of aromatic nitrogens is 1. The van der Waals surface area contributed by atoms with Crippen LogP contribution in [0.3, 0.4) is 0 Å². The minimum absolute atomic E-state index is 0.0160. The van der Waals surface area contributed by atoms with Gasteiger partial charge in [-0.05, 0) is 25.5 Å². The van der Waals surface area contributed by atoms with Crippen molar-refractivity contribution in [1.82, 2.24) is 10.3 Å². The first-order valence-corrected chi connectivity index (χ1v) is 6.20. The van der Waals surface area contributed by atoms with Gasteiger partial charge in [0.25, 0.3) is 0 Å². The van der Waals surface area contributed by atoms with Crippen LogP contribution in [0.1, 0.15) is 32.1 Å². The Kier molecular flexibility index (Phi) is 5.58. The zero-order valence-electron chi connectivity index (χ0n) is 11.2. The molecule has 1 unspecified atom stereocenters. The second kappa shape index (κ2) is 6.96. The highest BCUT2D eigenvalue weighted by Crippen LogP contribution is 2.17. The fourth-order valence-electron chi connectivity index (χ4n) is 1.59. The van der Waals surface area contributed by atoms with Crippen LogP contribution in [0.15, 0.2) is 18.3 Å². The Hall–Kier alpha value is -1.62. The van der Waals surface area contributed by atoms with E-state index in [1.165, 1.54) is 0 Å². The number of aliphatic hydroxyl groups excluding tert-OH is 1. The zero-order valence-corrected chi connectivity index (χ0v) is 11.2. The van der Waals surface area contributed by atoms with E-state index in [1.54, 1.807) is 12.3 Å². The average molecular weight is 251 g/mol. The third-order valence-corrected chi connectivity index (χ3v) is 2.69. The highest BCUT2D eigenvalue weighted by atomic mass is 16.3. The van der Waals surface area contributed by atoms with Gasteiger partial charge >= 0.3 is 0 Å². The maximum absolute atomic E-state index is 11.4. The normalized spacial score (nSPS) is 12.0. The number of hydrogen-bond acceptors (Lipinski definition) is 4. The lowest BCUT2D eigenvalue weighted by molar-refractivity contribution is -0.119. The molecule has 2 N–H and O–H groups in total. The number of nitrogens with zero attached hydrogens (tertiary/aromatic N) is 2. The standard InChI is InChI=1S/C13H21N3O2/c1-4-12(17)11-7-6-10(8-15-11)16(3)9-13(18)14-5-2/h6-8,12,17H,4-5,9H2,1-3H3,(H,14,18). The molecule has 1 amide bonds. The number of amides is 1. The molecule has 0 bridgehead atoms. The minimum atomic E-state index is -0.521. The molecule has 0 aliphatic rings. The quantitative estimate of drug-likeness (QED) is 0.794. The minimum Gasteiger partial charge on any atom is -0.387 e. The highest BCUT2D eigenvalue weighted by molar-refractivity contribution is 5.81. The molecule has 1 aromatic rings. The molecule has 100 valence electrons. The first-order valence-electron chi connectivity index (χ1n) is 6.20. The lowest BCUT2D eigenvalue weighted by Crippen LogP contribution is -2.35. The van der Waals surface area contributed by atoms with E-state index in [0.717, 1.165) is 5.69 Å². The molecule has 5 nitrogen and oxygen atoms in total. The molecule has 0 aliphatic heterocycles. The SMILES string of the molecule is CCNC(=O)CN(C)c1ccc(C(O)CC)nc1. The Bertz CT molecular complexity index is 378. The van der Waals surface area contributed by atoms with Crippen molar-refractivity contribution in [2.75, 3.05) is 25.0 Å². The van der Waals surface area contributed by atoms with Crippen LogP contribution in [-0.2, 0) is 4.79 Å². The third-order valence-electron chi connectivity index (χ3n) is 2.69. The van der Waals surface area contributed by atoms with E-state index < -0.39 is 6.10 Å². The number of likely N-dealkylation sites (N-methyl/N-ethyl adjacent to an activating group) is 2. The van der Waals surface area contributed by atoms with E-state index >= 15 is 0 Å². The molecule has 18 heavy (non-hydrogen) atoms. The van der Waals surface area contributed by atoms with Gasteiger partial charge < -0.3 is 15.3 Å². The molecule has 1 heterocycles. The summed E-state index contributed by atoms with van der Waals surface area (Å²) in [6.45, 7) is 4.72. The molecule has 0 radical (unpaired) electrons. The molecule has 1 atom stereocenters. The second-order valence-corrected chi connectivity index (χ2v) is 4.17. The average Bonchev–Trinajstić information content (AvgIpc) is 2.38. The summed E-state index contributed by atoms with van der Waals surface area (Å²) in [6, 6.07) is 3.65. The van der Waals surface area contributed by atoms with Crippen molar-refractivity contribution in [3.63, 3.8) is 0 Å². The lowest BCUT2D eigenvalue weighted by atomic mass is 10.2. The van der Waals surface area contributed by atoms with E-state index in [2.05, 4.69) is 10.3 Å². The van der Waals surface area contributed by atoms with Crippen molar-refractivity contribution in [3.8, 4) is 0 Å². The summed E-state index contributed by atoms with van der Waals surface area (Å²) < 4.78 is 0. The van der Waals surface area contributed by atoms with Crippen LogP contribution < -0.4 is 10.2 Å². The molecule has 1 rings (SSSR count). The molecule has 0 saturated carbocycles. The van der Waals surface area contributed by atoms with Gasteiger partial charge in [0, 0.05) is 13.6 Å². The lowest BCUT2D eigenvalue weighted by Gasteiger charge is -2.18. The van der Waals surface area contributed by atoms with E-state index in [0.29, 0.717) is 25.2 Å². The topological polar surface area (TPSA) is 65.5 Å². The van der Waals surface area contributed by atoms with Crippen molar-refractivity contribution in [3.05, 3.63) is 24.0 Å². The van der Waals surface area contributed by atoms with Crippen molar-refractivity contribution < 1.29 is 9.90 Å². The predicted octanol–water partition coefficient (Wildman–Crippen LogP) is 1.10. The summed E-state index contributed by atoms with van der Waals surface area (Å²) in [4.78, 5) is 17.5. The Morgan fingerprint density at radius 3 is 2.72 bits per heavy atom. The number of carbonyl (C=O) groups is 1. The van der Waals surface area contributed by atoms with Crippen molar-refractivity contribution >= 4 is 11.6 Å². The maximum atomic E-state index is 11.4. The summed E-state index contributed by atoms with van der Waals surface area (Å²) in [7, 11) is 1.84. The van der Waals surface area contributed by atoms with Crippen LogP contribution in [0.4, 0.5) is 5.69 Å². The third kappa shape index (κ3) is 4.00. The summed E-state index contributed by atoms with van der Waals surface area (Å²) in [5, 5.41) is 12.4. The van der Waals surface area contributed by atoms with Gasteiger partial charge in [-0.2, -0.15) is 0 Å². The molecular formula is C13H21N3O2. The summed E-state index contributed by atoms with van der Waals surface area (Å²) in [5.41, 5.74) is 1.51. The number of pyridine rings is 1. The van der Waals surface area contributed by atoms with Gasteiger partial charge in [0.05, 0.1) is 30.2 Å². The number of anilines is 1. The van der Waals surface area contributed by atoms with Crippen molar-refractivity contribution in [1.29, 1.82) is 0 Å². The van der Waals surface area contributed by atoms with Gasteiger partial charge in [0.15, 0.2) is 0 Å². The van der Waals surface area contributed by atoms with Crippen molar-refractivity contribution in [2.24, 2.45) is 0 Å². The van der Waals surface area contributed by atoms with E-state index in [-0.39, 0.29) is 5.91 Å².